The van der Waals surface area contributed by atoms with Gasteiger partial charge in [0.25, 0.3) is 0 Å². The maximum atomic E-state index is 4.69. The molecule has 0 amide bonds. The Bertz CT molecular complexity index is 478. The molecule has 92 valence electrons. The van der Waals surface area contributed by atoms with Crippen molar-refractivity contribution in [2.45, 2.75) is 26.3 Å². The first-order valence-electron chi connectivity index (χ1n) is 5.65. The minimum atomic E-state index is 0.336. The van der Waals surface area contributed by atoms with E-state index in [1.165, 1.54) is 4.88 Å². The Morgan fingerprint density at radius 2 is 2.29 bits per heavy atom. The highest BCUT2D eigenvalue weighted by Gasteiger charge is 2.11. The van der Waals surface area contributed by atoms with Crippen LogP contribution in [0.4, 0.5) is 0 Å². The molecule has 0 aromatic carbocycles. The number of aromatic nitrogens is 1. The summed E-state index contributed by atoms with van der Waals surface area (Å²) in [5.74, 6) is 0. The zero-order valence-corrected chi connectivity index (χ0v) is 13.1. The molecule has 0 aliphatic carbocycles. The van der Waals surface area contributed by atoms with Gasteiger partial charge < -0.3 is 5.32 Å². The lowest BCUT2D eigenvalue weighted by atomic mass is 10.2. The highest BCUT2D eigenvalue weighted by Crippen LogP contribution is 2.33. The summed E-state index contributed by atoms with van der Waals surface area (Å²) in [5, 5.41) is 6.72. The van der Waals surface area contributed by atoms with Crippen LogP contribution in [0, 0.1) is 0 Å². The standard InChI is InChI=1S/C12H15BrN2S2/c1-3-6-14-8(2)9-7-16-12(15-9)10-4-5-11(13)17-10/h4-5,7-8,14H,3,6H2,1-2H3. The van der Waals surface area contributed by atoms with Gasteiger partial charge in [-0.15, -0.1) is 22.7 Å². The lowest BCUT2D eigenvalue weighted by Gasteiger charge is -2.09. The van der Waals surface area contributed by atoms with Crippen molar-refractivity contribution in [2.24, 2.45) is 0 Å². The lowest BCUT2D eigenvalue weighted by molar-refractivity contribution is 0.561. The maximum Gasteiger partial charge on any atom is 0.133 e. The molecule has 2 aromatic rings. The van der Waals surface area contributed by atoms with E-state index in [4.69, 9.17) is 4.98 Å². The Balaban J connectivity index is 2.10. The highest BCUT2D eigenvalue weighted by molar-refractivity contribution is 9.11. The van der Waals surface area contributed by atoms with Crippen molar-refractivity contribution in [3.05, 3.63) is 27.0 Å². The molecule has 0 aliphatic rings. The van der Waals surface area contributed by atoms with Crippen LogP contribution in [0.3, 0.4) is 0 Å². The molecule has 1 N–H and O–H groups in total. The van der Waals surface area contributed by atoms with Gasteiger partial charge in [0.2, 0.25) is 0 Å². The van der Waals surface area contributed by atoms with Crippen LogP contribution in [-0.2, 0) is 0 Å². The molecule has 2 aromatic heterocycles. The minimum absolute atomic E-state index is 0.336. The van der Waals surface area contributed by atoms with Crippen molar-refractivity contribution < 1.29 is 0 Å². The van der Waals surface area contributed by atoms with E-state index in [9.17, 15) is 0 Å². The Kier molecular flexibility index (Phi) is 4.73. The molecule has 2 nitrogen and oxygen atoms in total. The van der Waals surface area contributed by atoms with Crippen molar-refractivity contribution in [3.8, 4) is 9.88 Å². The van der Waals surface area contributed by atoms with Gasteiger partial charge in [-0.25, -0.2) is 4.98 Å². The average molecular weight is 331 g/mol. The molecule has 17 heavy (non-hydrogen) atoms. The molecule has 0 saturated heterocycles. The van der Waals surface area contributed by atoms with E-state index in [2.05, 4.69) is 52.6 Å². The Labute approximate surface area is 118 Å². The largest absolute Gasteiger partial charge is 0.309 e. The third-order valence-electron chi connectivity index (χ3n) is 2.45. The molecular formula is C12H15BrN2S2. The van der Waals surface area contributed by atoms with Crippen LogP contribution >= 0.6 is 38.6 Å². The normalized spacial score (nSPS) is 12.9. The van der Waals surface area contributed by atoms with E-state index >= 15 is 0 Å². The number of nitrogens with zero attached hydrogens (tertiary/aromatic N) is 1. The summed E-state index contributed by atoms with van der Waals surface area (Å²) in [5.41, 5.74) is 1.14. The molecule has 5 heteroatoms. The monoisotopic (exact) mass is 330 g/mol. The number of rotatable bonds is 5. The van der Waals surface area contributed by atoms with E-state index in [-0.39, 0.29) is 0 Å². The summed E-state index contributed by atoms with van der Waals surface area (Å²) in [6.07, 6.45) is 1.15. The third-order valence-corrected chi connectivity index (χ3v) is 5.10. The topological polar surface area (TPSA) is 24.9 Å². The smallest absolute Gasteiger partial charge is 0.133 e. The number of thiophene rings is 1. The maximum absolute atomic E-state index is 4.69. The number of halogens is 1. The molecule has 1 atom stereocenters. The summed E-state index contributed by atoms with van der Waals surface area (Å²) in [6.45, 7) is 5.38. The summed E-state index contributed by atoms with van der Waals surface area (Å²) >= 11 is 6.93. The van der Waals surface area contributed by atoms with Gasteiger partial charge in [-0.05, 0) is 48.0 Å². The van der Waals surface area contributed by atoms with Crippen molar-refractivity contribution in [1.29, 1.82) is 0 Å². The van der Waals surface area contributed by atoms with Gasteiger partial charge in [0.05, 0.1) is 14.4 Å². The summed E-state index contributed by atoms with van der Waals surface area (Å²) in [6, 6.07) is 4.52. The third kappa shape index (κ3) is 3.37. The van der Waals surface area contributed by atoms with Crippen LogP contribution < -0.4 is 5.32 Å². The van der Waals surface area contributed by atoms with Gasteiger partial charge in [-0.2, -0.15) is 0 Å². The van der Waals surface area contributed by atoms with Crippen molar-refractivity contribution >= 4 is 38.6 Å². The Morgan fingerprint density at radius 1 is 1.47 bits per heavy atom. The first-order valence-corrected chi connectivity index (χ1v) is 8.14. The highest BCUT2D eigenvalue weighted by atomic mass is 79.9. The fraction of sp³-hybridized carbons (Fsp3) is 0.417. The van der Waals surface area contributed by atoms with Crippen LogP contribution in [0.5, 0.6) is 0 Å². The second kappa shape index (κ2) is 6.09. The van der Waals surface area contributed by atoms with Gasteiger partial charge >= 0.3 is 0 Å². The number of hydrogen-bond acceptors (Lipinski definition) is 4. The van der Waals surface area contributed by atoms with E-state index in [0.29, 0.717) is 6.04 Å². The van der Waals surface area contributed by atoms with E-state index in [1.54, 1.807) is 22.7 Å². The van der Waals surface area contributed by atoms with Crippen LogP contribution in [-0.4, -0.2) is 11.5 Å². The first-order chi connectivity index (χ1) is 8.20. The molecule has 2 rings (SSSR count). The lowest BCUT2D eigenvalue weighted by Crippen LogP contribution is -2.19. The molecule has 0 fully saturated rings. The summed E-state index contributed by atoms with van der Waals surface area (Å²) in [4.78, 5) is 5.92. The number of thiazole rings is 1. The van der Waals surface area contributed by atoms with Crippen LogP contribution in [0.25, 0.3) is 9.88 Å². The summed E-state index contributed by atoms with van der Waals surface area (Å²) in [7, 11) is 0. The SMILES string of the molecule is CCCNC(C)c1csc(-c2ccc(Br)s2)n1. The second-order valence-corrected chi connectivity index (χ2v) is 7.18. The molecule has 0 spiro atoms. The Morgan fingerprint density at radius 3 is 2.94 bits per heavy atom. The van der Waals surface area contributed by atoms with Crippen LogP contribution in [0.2, 0.25) is 0 Å². The predicted molar refractivity (Wildman–Crippen MR) is 79.8 cm³/mol. The fourth-order valence-electron chi connectivity index (χ4n) is 1.49. The van der Waals surface area contributed by atoms with Gasteiger partial charge in [0.15, 0.2) is 0 Å². The Hall–Kier alpha value is -0.230. The van der Waals surface area contributed by atoms with Crippen molar-refractivity contribution in [2.75, 3.05) is 6.54 Å². The van der Waals surface area contributed by atoms with Gasteiger partial charge in [0.1, 0.15) is 5.01 Å². The quantitative estimate of drug-likeness (QED) is 0.859. The van der Waals surface area contributed by atoms with Gasteiger partial charge in [-0.1, -0.05) is 6.92 Å². The molecule has 0 aliphatic heterocycles. The molecular weight excluding hydrogens is 316 g/mol. The minimum Gasteiger partial charge on any atom is -0.309 e. The summed E-state index contributed by atoms with van der Waals surface area (Å²) < 4.78 is 1.15. The van der Waals surface area contributed by atoms with Crippen LogP contribution in [0.1, 0.15) is 32.0 Å². The molecule has 0 bridgehead atoms. The predicted octanol–water partition coefficient (Wildman–Crippen LogP) is 4.69. The van der Waals surface area contributed by atoms with Gasteiger partial charge in [0, 0.05) is 11.4 Å². The van der Waals surface area contributed by atoms with E-state index in [0.717, 1.165) is 27.5 Å². The molecule has 1 unspecified atom stereocenters. The van der Waals surface area contributed by atoms with E-state index in [1.807, 2.05) is 0 Å². The van der Waals surface area contributed by atoms with Crippen LogP contribution in [0.15, 0.2) is 21.3 Å². The molecule has 2 heterocycles. The zero-order chi connectivity index (χ0) is 12.3. The average Bonchev–Trinajstić information content (AvgIpc) is 2.93. The fourth-order valence-corrected chi connectivity index (χ4v) is 3.86. The second-order valence-electron chi connectivity index (χ2n) is 3.86. The zero-order valence-electron chi connectivity index (χ0n) is 9.87. The number of nitrogens with one attached hydrogen (secondary N) is 1. The first kappa shape index (κ1) is 13.2. The van der Waals surface area contributed by atoms with Crippen molar-refractivity contribution in [3.63, 3.8) is 0 Å². The van der Waals surface area contributed by atoms with Gasteiger partial charge in [-0.3, -0.25) is 0 Å². The number of hydrogen-bond donors (Lipinski definition) is 1. The molecule has 0 saturated carbocycles. The van der Waals surface area contributed by atoms with E-state index < -0.39 is 0 Å². The molecule has 0 radical (unpaired) electrons. The van der Waals surface area contributed by atoms with Crippen molar-refractivity contribution in [1.82, 2.24) is 10.3 Å².